The molecule has 0 atom stereocenters. The number of aromatic nitrogens is 6. The Hall–Kier alpha value is -7.60. The van der Waals surface area contributed by atoms with Crippen LogP contribution in [0.2, 0.25) is 0 Å². The van der Waals surface area contributed by atoms with Gasteiger partial charge in [0.1, 0.15) is 0 Å². The highest BCUT2D eigenvalue weighted by molar-refractivity contribution is 7.35. The molecule has 0 spiro atoms. The van der Waals surface area contributed by atoms with E-state index in [4.69, 9.17) is 29.9 Å². The summed E-state index contributed by atoms with van der Waals surface area (Å²) in [6.07, 6.45) is 0. The Morgan fingerprint density at radius 1 is 0.273 bits per heavy atom. The molecule has 13 aromatic rings. The molecule has 0 unspecified atom stereocenters. The first-order chi connectivity index (χ1) is 32.7. The molecule has 0 saturated carbocycles. The van der Waals surface area contributed by atoms with Crippen LogP contribution in [0.4, 0.5) is 0 Å². The van der Waals surface area contributed by atoms with Gasteiger partial charge in [-0.15, -0.1) is 45.3 Å². The Balaban J connectivity index is 0.939. The zero-order valence-electron chi connectivity index (χ0n) is 34.8. The summed E-state index contributed by atoms with van der Waals surface area (Å²) in [7, 11) is 0. The van der Waals surface area contributed by atoms with Gasteiger partial charge in [0.05, 0.1) is 14.1 Å². The number of benzene rings is 7. The van der Waals surface area contributed by atoms with Crippen molar-refractivity contribution in [1.29, 1.82) is 0 Å². The lowest BCUT2D eigenvalue weighted by atomic mass is 10.1. The summed E-state index contributed by atoms with van der Waals surface area (Å²) in [6.45, 7) is 0. The van der Waals surface area contributed by atoms with E-state index < -0.39 is 0 Å². The third kappa shape index (κ3) is 6.90. The van der Waals surface area contributed by atoms with Crippen LogP contribution in [0.15, 0.2) is 193 Å². The van der Waals surface area contributed by atoms with Crippen molar-refractivity contribution < 1.29 is 0 Å². The number of hydrogen-bond acceptors (Lipinski definition) is 10. The Bertz CT molecular complexity index is 3820. The third-order valence-corrected chi connectivity index (χ3v) is 16.5. The van der Waals surface area contributed by atoms with Crippen LogP contribution in [0.5, 0.6) is 0 Å². The molecule has 0 aliphatic heterocycles. The van der Waals surface area contributed by atoms with Crippen LogP contribution in [0, 0.1) is 0 Å². The van der Waals surface area contributed by atoms with Gasteiger partial charge >= 0.3 is 0 Å². The Labute approximate surface area is 394 Å². The number of thiophene rings is 4. The van der Waals surface area contributed by atoms with Gasteiger partial charge in [-0.25, -0.2) is 29.9 Å². The van der Waals surface area contributed by atoms with Crippen LogP contribution in [-0.2, 0) is 0 Å². The van der Waals surface area contributed by atoms with Crippen molar-refractivity contribution in [2.75, 3.05) is 0 Å². The van der Waals surface area contributed by atoms with E-state index in [0.29, 0.717) is 34.9 Å². The van der Waals surface area contributed by atoms with E-state index in [0.717, 1.165) is 44.5 Å². The zero-order chi connectivity index (χ0) is 43.6. The lowest BCUT2D eigenvalue weighted by Gasteiger charge is -2.09. The lowest BCUT2D eigenvalue weighted by Crippen LogP contribution is -2.00. The van der Waals surface area contributed by atoms with Gasteiger partial charge in [0.2, 0.25) is 0 Å². The second-order valence-corrected chi connectivity index (χ2v) is 19.9. The molecule has 0 amide bonds. The standard InChI is InChI=1S/C56H32N6S4/c1-5-15-33(16-6-1)51-57-52(34-17-7-2-8-18-34)60-55(59-51)39-25-13-23-37(29-39)44-31-41-46-47(64-43-27-28-63-50(43)46)42-32-45(66-49(42)48(41)65-44)38-24-14-26-40(30-38)56-61-53(35-19-9-3-10-20-35)58-54(62-56)36-21-11-4-12-22-36/h1-32H. The average molecular weight is 917 g/mol. The van der Waals surface area contributed by atoms with Crippen molar-refractivity contribution in [3.63, 3.8) is 0 Å². The maximum absolute atomic E-state index is 5.05. The van der Waals surface area contributed by atoms with Crippen molar-refractivity contribution >= 4 is 85.0 Å². The highest BCUT2D eigenvalue weighted by Crippen LogP contribution is 2.52. The monoisotopic (exact) mass is 916 g/mol. The smallest absolute Gasteiger partial charge is 0.164 e. The summed E-state index contributed by atoms with van der Waals surface area (Å²) in [5, 5.41) is 6.15. The Kier molecular flexibility index (Phi) is 9.49. The fourth-order valence-corrected chi connectivity index (χ4v) is 13.5. The van der Waals surface area contributed by atoms with Crippen molar-refractivity contribution in [2.45, 2.75) is 0 Å². The fourth-order valence-electron chi connectivity index (χ4n) is 8.52. The van der Waals surface area contributed by atoms with Gasteiger partial charge in [0, 0.05) is 68.7 Å². The molecule has 0 aliphatic rings. The van der Waals surface area contributed by atoms with Gasteiger partial charge in [0.25, 0.3) is 0 Å². The van der Waals surface area contributed by atoms with E-state index in [2.05, 4.69) is 72.1 Å². The number of hydrogen-bond donors (Lipinski definition) is 0. The minimum atomic E-state index is 0.642. The van der Waals surface area contributed by atoms with Crippen molar-refractivity contribution in [1.82, 2.24) is 29.9 Å². The fraction of sp³-hybridized carbons (Fsp3) is 0. The highest BCUT2D eigenvalue weighted by Gasteiger charge is 2.22. The molecule has 66 heavy (non-hydrogen) atoms. The molecule has 6 aromatic heterocycles. The van der Waals surface area contributed by atoms with Crippen LogP contribution in [0.1, 0.15) is 0 Å². The molecule has 6 nitrogen and oxygen atoms in total. The number of rotatable bonds is 8. The Morgan fingerprint density at radius 3 is 1.08 bits per heavy atom. The molecule has 7 aromatic carbocycles. The van der Waals surface area contributed by atoms with E-state index >= 15 is 0 Å². The lowest BCUT2D eigenvalue weighted by molar-refractivity contribution is 1.07. The summed E-state index contributed by atoms with van der Waals surface area (Å²) < 4.78 is 6.61. The first-order valence-electron chi connectivity index (χ1n) is 21.4. The molecule has 0 bridgehead atoms. The predicted molar refractivity (Wildman–Crippen MR) is 278 cm³/mol. The molecular weight excluding hydrogens is 885 g/mol. The normalized spacial score (nSPS) is 11.6. The molecule has 0 radical (unpaired) electrons. The van der Waals surface area contributed by atoms with Crippen molar-refractivity contribution in [3.05, 3.63) is 193 Å². The molecule has 310 valence electrons. The second-order valence-electron chi connectivity index (χ2n) is 15.9. The second kappa shape index (κ2) is 16.1. The third-order valence-electron chi connectivity index (χ3n) is 11.7. The van der Waals surface area contributed by atoms with Gasteiger partial charge in [0.15, 0.2) is 34.9 Å². The first-order valence-corrected chi connectivity index (χ1v) is 24.7. The van der Waals surface area contributed by atoms with Crippen LogP contribution in [0.25, 0.3) is 129 Å². The van der Waals surface area contributed by atoms with E-state index in [1.807, 2.05) is 167 Å². The minimum absolute atomic E-state index is 0.642. The van der Waals surface area contributed by atoms with Crippen LogP contribution in [-0.4, -0.2) is 29.9 Å². The SMILES string of the molecule is c1ccc(-c2nc(-c3ccccc3)nc(-c3cccc(-c4cc5c(s4)c4sc(-c6cccc(-c7nc(-c8ccccc8)nc(-c8ccccc8)n7)c6)cc4c4c6sccc6sc54)c3)n2)cc1. The molecule has 6 heterocycles. The maximum Gasteiger partial charge on any atom is 0.164 e. The summed E-state index contributed by atoms with van der Waals surface area (Å²) in [5.41, 5.74) is 7.93. The molecule has 10 heteroatoms. The van der Waals surface area contributed by atoms with Gasteiger partial charge < -0.3 is 0 Å². The molecule has 0 aliphatic carbocycles. The minimum Gasteiger partial charge on any atom is -0.208 e. The van der Waals surface area contributed by atoms with Crippen molar-refractivity contribution in [2.24, 2.45) is 0 Å². The average Bonchev–Trinajstić information content (AvgIpc) is 4.22. The van der Waals surface area contributed by atoms with E-state index in [9.17, 15) is 0 Å². The van der Waals surface area contributed by atoms with Crippen molar-refractivity contribution in [3.8, 4) is 89.2 Å². The Morgan fingerprint density at radius 2 is 0.636 bits per heavy atom. The van der Waals surface area contributed by atoms with Gasteiger partial charge in [-0.05, 0) is 46.8 Å². The topological polar surface area (TPSA) is 77.3 Å². The van der Waals surface area contributed by atoms with E-state index in [-0.39, 0.29) is 0 Å². The number of fused-ring (bicyclic) bond motifs is 8. The summed E-state index contributed by atoms with van der Waals surface area (Å²) in [5.74, 6) is 3.88. The summed E-state index contributed by atoms with van der Waals surface area (Å²) in [4.78, 5) is 32.4. The van der Waals surface area contributed by atoms with Crippen LogP contribution in [0.3, 0.4) is 0 Å². The van der Waals surface area contributed by atoms with Gasteiger partial charge in [-0.3, -0.25) is 0 Å². The summed E-state index contributed by atoms with van der Waals surface area (Å²) >= 11 is 7.44. The maximum atomic E-state index is 5.05. The van der Waals surface area contributed by atoms with Crippen LogP contribution >= 0.6 is 45.3 Å². The van der Waals surface area contributed by atoms with Gasteiger partial charge in [-0.1, -0.05) is 158 Å². The molecule has 0 N–H and O–H groups in total. The predicted octanol–water partition coefficient (Wildman–Crippen LogP) is 16.3. The summed E-state index contributed by atoms with van der Waals surface area (Å²) in [6, 6.07) is 64.9. The van der Waals surface area contributed by atoms with E-state index in [1.165, 1.54) is 49.4 Å². The molecule has 0 fully saturated rings. The highest BCUT2D eigenvalue weighted by atomic mass is 32.1. The molecule has 13 rings (SSSR count). The quantitative estimate of drug-likeness (QED) is 0.151. The van der Waals surface area contributed by atoms with E-state index in [1.54, 1.807) is 0 Å². The largest absolute Gasteiger partial charge is 0.208 e. The van der Waals surface area contributed by atoms with Crippen LogP contribution < -0.4 is 0 Å². The zero-order valence-corrected chi connectivity index (χ0v) is 38.1. The molecular formula is C56H32N6S4. The first kappa shape index (κ1) is 38.8. The van der Waals surface area contributed by atoms with Gasteiger partial charge in [-0.2, -0.15) is 0 Å². The number of nitrogens with zero attached hydrogens (tertiary/aromatic N) is 6. The molecule has 0 saturated heterocycles.